The SMILES string of the molecule is CCCOc1cccc2[nH]cc(C(=O)c3ccoc3Br)c12. The third-order valence-corrected chi connectivity index (χ3v) is 3.85. The van der Waals surface area contributed by atoms with Gasteiger partial charge < -0.3 is 14.1 Å². The van der Waals surface area contributed by atoms with E-state index in [0.29, 0.717) is 22.4 Å². The van der Waals surface area contributed by atoms with E-state index in [-0.39, 0.29) is 5.78 Å². The Bertz CT molecular complexity index is 788. The number of furan rings is 1. The fourth-order valence-corrected chi connectivity index (χ4v) is 2.68. The van der Waals surface area contributed by atoms with E-state index < -0.39 is 0 Å². The summed E-state index contributed by atoms with van der Waals surface area (Å²) in [4.78, 5) is 15.8. The zero-order valence-corrected chi connectivity index (χ0v) is 13.1. The van der Waals surface area contributed by atoms with Crippen LogP contribution in [0.15, 0.2) is 45.8 Å². The van der Waals surface area contributed by atoms with Crippen molar-refractivity contribution in [3.05, 3.63) is 52.5 Å². The molecule has 5 heteroatoms. The van der Waals surface area contributed by atoms with Crippen molar-refractivity contribution in [2.24, 2.45) is 0 Å². The Morgan fingerprint density at radius 2 is 2.19 bits per heavy atom. The van der Waals surface area contributed by atoms with Gasteiger partial charge in [0.05, 0.1) is 29.4 Å². The molecule has 2 heterocycles. The van der Waals surface area contributed by atoms with Gasteiger partial charge in [0.1, 0.15) is 5.75 Å². The Balaban J connectivity index is 2.10. The highest BCUT2D eigenvalue weighted by molar-refractivity contribution is 9.10. The summed E-state index contributed by atoms with van der Waals surface area (Å²) in [5, 5.41) is 0.809. The lowest BCUT2D eigenvalue weighted by Crippen LogP contribution is -2.01. The molecule has 1 N–H and O–H groups in total. The molecule has 1 aromatic carbocycles. The van der Waals surface area contributed by atoms with Crippen LogP contribution in [0.1, 0.15) is 29.3 Å². The molecule has 0 atom stereocenters. The highest BCUT2D eigenvalue weighted by atomic mass is 79.9. The van der Waals surface area contributed by atoms with Crippen LogP contribution >= 0.6 is 15.9 Å². The molecule has 0 saturated carbocycles. The van der Waals surface area contributed by atoms with Gasteiger partial charge in [-0.25, -0.2) is 0 Å². The maximum absolute atomic E-state index is 12.7. The van der Waals surface area contributed by atoms with Gasteiger partial charge in [-0.15, -0.1) is 0 Å². The van der Waals surface area contributed by atoms with E-state index in [9.17, 15) is 4.79 Å². The molecule has 0 fully saturated rings. The third kappa shape index (κ3) is 2.49. The Labute approximate surface area is 130 Å². The number of H-pyrrole nitrogens is 1. The molecule has 21 heavy (non-hydrogen) atoms. The summed E-state index contributed by atoms with van der Waals surface area (Å²) in [5.41, 5.74) is 1.96. The minimum atomic E-state index is -0.102. The number of halogens is 1. The van der Waals surface area contributed by atoms with E-state index >= 15 is 0 Å². The standard InChI is InChI=1S/C16H14BrNO3/c1-2-7-20-13-5-3-4-12-14(13)11(9-18-12)15(19)10-6-8-21-16(10)17/h3-6,8-9,18H,2,7H2,1H3. The molecule has 0 aliphatic carbocycles. The molecule has 3 aromatic rings. The lowest BCUT2D eigenvalue weighted by atomic mass is 10.0. The van der Waals surface area contributed by atoms with Crippen molar-refractivity contribution in [2.75, 3.05) is 6.61 Å². The first-order valence-electron chi connectivity index (χ1n) is 6.73. The summed E-state index contributed by atoms with van der Waals surface area (Å²) in [6.45, 7) is 2.67. The van der Waals surface area contributed by atoms with Gasteiger partial charge in [-0.2, -0.15) is 0 Å². The van der Waals surface area contributed by atoms with Crippen molar-refractivity contribution in [3.8, 4) is 5.75 Å². The molecule has 0 aliphatic rings. The van der Waals surface area contributed by atoms with Crippen molar-refractivity contribution < 1.29 is 13.9 Å². The Kier molecular flexibility index (Phi) is 3.84. The summed E-state index contributed by atoms with van der Waals surface area (Å²) in [5.74, 6) is 0.619. The molecule has 0 spiro atoms. The smallest absolute Gasteiger partial charge is 0.199 e. The number of hydrogen-bond donors (Lipinski definition) is 1. The third-order valence-electron chi connectivity index (χ3n) is 3.24. The Morgan fingerprint density at radius 1 is 1.33 bits per heavy atom. The van der Waals surface area contributed by atoms with E-state index in [1.165, 1.54) is 6.26 Å². The fourth-order valence-electron chi connectivity index (χ4n) is 2.26. The van der Waals surface area contributed by atoms with E-state index in [2.05, 4.69) is 20.9 Å². The minimum absolute atomic E-state index is 0.102. The number of nitrogens with one attached hydrogen (secondary N) is 1. The molecule has 2 aromatic heterocycles. The largest absolute Gasteiger partial charge is 0.493 e. The average molecular weight is 348 g/mol. The number of carbonyl (C=O) groups is 1. The maximum Gasteiger partial charge on any atom is 0.199 e. The molecule has 0 saturated heterocycles. The molecule has 0 amide bonds. The Hall–Kier alpha value is -2.01. The van der Waals surface area contributed by atoms with Gasteiger partial charge >= 0.3 is 0 Å². The van der Waals surface area contributed by atoms with Gasteiger partial charge in [0, 0.05) is 11.7 Å². The van der Waals surface area contributed by atoms with Crippen molar-refractivity contribution >= 4 is 32.6 Å². The van der Waals surface area contributed by atoms with Gasteiger partial charge in [0.25, 0.3) is 0 Å². The lowest BCUT2D eigenvalue weighted by Gasteiger charge is -2.07. The fraction of sp³-hybridized carbons (Fsp3) is 0.188. The van der Waals surface area contributed by atoms with Crippen LogP contribution in [0.2, 0.25) is 0 Å². The van der Waals surface area contributed by atoms with E-state index in [4.69, 9.17) is 9.15 Å². The molecule has 0 bridgehead atoms. The zero-order chi connectivity index (χ0) is 14.8. The highest BCUT2D eigenvalue weighted by Crippen LogP contribution is 2.32. The number of aromatic nitrogens is 1. The van der Waals surface area contributed by atoms with Crippen LogP contribution in [-0.2, 0) is 0 Å². The summed E-state index contributed by atoms with van der Waals surface area (Å²) in [7, 11) is 0. The molecule has 0 aliphatic heterocycles. The first kappa shape index (κ1) is 13.9. The Morgan fingerprint density at radius 3 is 2.90 bits per heavy atom. The number of hydrogen-bond acceptors (Lipinski definition) is 3. The normalized spacial score (nSPS) is 11.0. The van der Waals surface area contributed by atoms with Gasteiger partial charge in [-0.3, -0.25) is 4.79 Å². The van der Waals surface area contributed by atoms with Gasteiger partial charge in [0.15, 0.2) is 10.5 Å². The predicted octanol–water partition coefficient (Wildman–Crippen LogP) is 4.54. The van der Waals surface area contributed by atoms with Crippen molar-refractivity contribution in [1.29, 1.82) is 0 Å². The van der Waals surface area contributed by atoms with Crippen molar-refractivity contribution in [2.45, 2.75) is 13.3 Å². The summed E-state index contributed by atoms with van der Waals surface area (Å²) < 4.78 is 11.3. The van der Waals surface area contributed by atoms with Crippen LogP contribution in [0.4, 0.5) is 0 Å². The van der Waals surface area contributed by atoms with Crippen LogP contribution in [0, 0.1) is 0 Å². The van der Waals surface area contributed by atoms with Gasteiger partial charge in [0.2, 0.25) is 0 Å². The van der Waals surface area contributed by atoms with Crippen LogP contribution in [-0.4, -0.2) is 17.4 Å². The molecule has 3 rings (SSSR count). The molecule has 0 radical (unpaired) electrons. The summed E-state index contributed by atoms with van der Waals surface area (Å²) in [6.07, 6.45) is 4.11. The average Bonchev–Trinajstić information content (AvgIpc) is 3.10. The number of benzene rings is 1. The van der Waals surface area contributed by atoms with E-state index in [1.807, 2.05) is 25.1 Å². The number of ketones is 1. The van der Waals surface area contributed by atoms with E-state index in [1.54, 1.807) is 12.3 Å². The number of carbonyl (C=O) groups excluding carboxylic acids is 1. The van der Waals surface area contributed by atoms with Crippen LogP contribution < -0.4 is 4.74 Å². The second kappa shape index (κ2) is 5.77. The van der Waals surface area contributed by atoms with Gasteiger partial charge in [-0.05, 0) is 40.5 Å². The number of aromatic amines is 1. The quantitative estimate of drug-likeness (QED) is 0.689. The monoisotopic (exact) mass is 347 g/mol. The topological polar surface area (TPSA) is 55.2 Å². The second-order valence-electron chi connectivity index (χ2n) is 4.67. The first-order chi connectivity index (χ1) is 10.2. The molecule has 4 nitrogen and oxygen atoms in total. The summed E-state index contributed by atoms with van der Waals surface area (Å²) in [6, 6.07) is 7.37. The van der Waals surface area contributed by atoms with Crippen molar-refractivity contribution in [1.82, 2.24) is 4.98 Å². The molecule has 0 unspecified atom stereocenters. The number of ether oxygens (including phenoxy) is 1. The predicted molar refractivity (Wildman–Crippen MR) is 83.9 cm³/mol. The zero-order valence-electron chi connectivity index (χ0n) is 11.5. The highest BCUT2D eigenvalue weighted by Gasteiger charge is 2.20. The van der Waals surface area contributed by atoms with E-state index in [0.717, 1.165) is 23.1 Å². The molecule has 108 valence electrons. The van der Waals surface area contributed by atoms with Crippen LogP contribution in [0.3, 0.4) is 0 Å². The first-order valence-corrected chi connectivity index (χ1v) is 7.52. The molecular weight excluding hydrogens is 334 g/mol. The molecular formula is C16H14BrNO3. The van der Waals surface area contributed by atoms with Crippen molar-refractivity contribution in [3.63, 3.8) is 0 Å². The number of rotatable bonds is 5. The van der Waals surface area contributed by atoms with Crippen LogP contribution in [0.25, 0.3) is 10.9 Å². The number of fused-ring (bicyclic) bond motifs is 1. The lowest BCUT2D eigenvalue weighted by molar-refractivity contribution is 0.103. The maximum atomic E-state index is 12.7. The van der Waals surface area contributed by atoms with Gasteiger partial charge in [-0.1, -0.05) is 13.0 Å². The van der Waals surface area contributed by atoms with Crippen LogP contribution in [0.5, 0.6) is 5.75 Å². The second-order valence-corrected chi connectivity index (χ2v) is 5.39. The summed E-state index contributed by atoms with van der Waals surface area (Å²) >= 11 is 3.25. The minimum Gasteiger partial charge on any atom is -0.493 e.